The van der Waals surface area contributed by atoms with Crippen molar-refractivity contribution in [3.05, 3.63) is 292 Å². The van der Waals surface area contributed by atoms with Crippen molar-refractivity contribution in [1.29, 1.82) is 0 Å². The van der Waals surface area contributed by atoms with Gasteiger partial charge in [0.15, 0.2) is 5.78 Å². The highest BCUT2D eigenvalue weighted by molar-refractivity contribution is 7.00. The fraction of sp³-hybridized carbons (Fsp3) is 0.187. The highest BCUT2D eigenvalue weighted by atomic mass is 28.4. The van der Waals surface area contributed by atoms with Gasteiger partial charge in [-0.15, -0.1) is 0 Å². The van der Waals surface area contributed by atoms with Gasteiger partial charge in [0.05, 0.1) is 6.42 Å². The van der Waals surface area contributed by atoms with E-state index in [0.717, 1.165) is 60.1 Å². The summed E-state index contributed by atoms with van der Waals surface area (Å²) < 4.78 is 21.8. The Hall–Kier alpha value is -9.10. The molecule has 0 bridgehead atoms. The number of para-hydroxylation sites is 2. The molecular formula is C75H72O8Si2. The van der Waals surface area contributed by atoms with Crippen molar-refractivity contribution in [2.45, 2.75) is 89.8 Å². The number of ketones is 1. The van der Waals surface area contributed by atoms with Crippen LogP contribution in [-0.2, 0) is 25.7 Å². The third kappa shape index (κ3) is 11.4. The topological polar surface area (TPSA) is 126 Å². The number of hydrogen-bond donors (Lipinski definition) is 4. The minimum atomic E-state index is -3.02. The summed E-state index contributed by atoms with van der Waals surface area (Å²) in [5.41, 5.74) is 5.52. The summed E-state index contributed by atoms with van der Waals surface area (Å²) in [7, 11) is -6.03. The zero-order valence-electron chi connectivity index (χ0n) is 49.1. The molecule has 0 aliphatic carbocycles. The van der Waals surface area contributed by atoms with E-state index < -0.39 is 28.5 Å². The lowest BCUT2D eigenvalue weighted by molar-refractivity contribution is 0.0842. The number of fused-ring (bicyclic) bond motifs is 1. The van der Waals surface area contributed by atoms with Crippen LogP contribution in [0.15, 0.2) is 237 Å². The summed E-state index contributed by atoms with van der Waals surface area (Å²) in [4.78, 5) is 14.6. The monoisotopic (exact) mass is 1160 g/mol. The van der Waals surface area contributed by atoms with Gasteiger partial charge in [-0.05, 0) is 94.0 Å². The van der Waals surface area contributed by atoms with Gasteiger partial charge in [0.25, 0.3) is 0 Å². The smallest absolute Gasteiger partial charge is 0.319 e. The molecule has 1 atom stereocenters. The average molecular weight is 1160 g/mol. The molecule has 10 aromatic carbocycles. The Morgan fingerprint density at radius 2 is 0.788 bits per heavy atom. The van der Waals surface area contributed by atoms with Crippen LogP contribution in [0.4, 0.5) is 0 Å². The Balaban J connectivity index is 0.951. The van der Waals surface area contributed by atoms with Crippen LogP contribution in [0.5, 0.6) is 40.2 Å². The zero-order chi connectivity index (χ0) is 59.5. The van der Waals surface area contributed by atoms with Gasteiger partial charge in [0, 0.05) is 36.8 Å². The number of ether oxygens (including phenoxy) is 1. The van der Waals surface area contributed by atoms with Gasteiger partial charge in [-0.3, -0.25) is 4.79 Å². The second-order valence-electron chi connectivity index (χ2n) is 24.4. The van der Waals surface area contributed by atoms with Gasteiger partial charge < -0.3 is 34.0 Å². The molecule has 0 amide bonds. The Kier molecular flexibility index (Phi) is 16.2. The van der Waals surface area contributed by atoms with Crippen LogP contribution in [0.25, 0.3) is 0 Å². The number of Topliss-reactive ketones (excluding diaryl/α,β-unsaturated/α-hetero) is 1. The summed E-state index contributed by atoms with van der Waals surface area (Å²) in [5.74, 6) is 0.422. The second-order valence-corrected chi connectivity index (χ2v) is 32.8. The molecule has 1 heterocycles. The number of carbonyl (C=O) groups is 1. The van der Waals surface area contributed by atoms with E-state index in [-0.39, 0.29) is 74.8 Å². The van der Waals surface area contributed by atoms with Crippen molar-refractivity contribution < 1.29 is 38.8 Å². The first kappa shape index (κ1) is 57.7. The molecule has 1 aliphatic heterocycles. The van der Waals surface area contributed by atoms with Crippen LogP contribution in [0.1, 0.15) is 114 Å². The maximum absolute atomic E-state index is 14.6. The molecule has 11 rings (SSSR count). The standard InChI is InChI=1S/C75H72O8Si2/c1-74(2,3)84(58-30-14-8-15-31-58,59-32-16-9-17-33-59)82-67-38-24-22-28-54(67)44-51-40-42-64(76)56(46-51)48-62-71(79)63(73-70(72(62)80)66(78)50-69(81-73)53-26-12-7-13-27-53)49-57-47-52(41-43-65(57)77)45-55-29-23-25-39-68(55)83-85(75(4,5)6,60-34-18-10-19-35-60)61-36-20-11-21-37-61/h7-43,46-47,69,76-77,79-80H,44-45,48-50H2,1-6H3. The summed E-state index contributed by atoms with van der Waals surface area (Å²) in [6, 6.07) is 78.6. The summed E-state index contributed by atoms with van der Waals surface area (Å²) in [6.45, 7) is 13.5. The van der Waals surface area contributed by atoms with Crippen molar-refractivity contribution in [2.24, 2.45) is 0 Å². The maximum Gasteiger partial charge on any atom is 0.319 e. The van der Waals surface area contributed by atoms with Crippen LogP contribution in [-0.4, -0.2) is 42.8 Å². The third-order valence-corrected chi connectivity index (χ3v) is 26.7. The molecule has 10 aromatic rings. The Morgan fingerprint density at radius 3 is 1.19 bits per heavy atom. The minimum absolute atomic E-state index is 0.0188. The molecule has 0 saturated carbocycles. The summed E-state index contributed by atoms with van der Waals surface area (Å²) in [5, 5.41) is 52.6. The summed E-state index contributed by atoms with van der Waals surface area (Å²) in [6.07, 6.45) is -0.0793. The Morgan fingerprint density at radius 1 is 0.424 bits per heavy atom. The molecule has 1 unspecified atom stereocenters. The molecule has 0 saturated heterocycles. The minimum Gasteiger partial charge on any atom is -0.534 e. The molecule has 8 nitrogen and oxygen atoms in total. The van der Waals surface area contributed by atoms with Crippen molar-refractivity contribution in [3.63, 3.8) is 0 Å². The molecule has 1 aliphatic rings. The average Bonchev–Trinajstić information content (AvgIpc) is 1.29. The number of phenolic OH excluding ortho intramolecular Hbond substituents is 4. The normalized spacial score (nSPS) is 13.6. The van der Waals surface area contributed by atoms with Crippen LogP contribution in [0, 0.1) is 0 Å². The first-order chi connectivity index (χ1) is 40.9. The molecule has 85 heavy (non-hydrogen) atoms. The Bertz CT molecular complexity index is 3910. The van der Waals surface area contributed by atoms with Gasteiger partial charge >= 0.3 is 16.6 Å². The first-order valence-electron chi connectivity index (χ1n) is 29.2. The lowest BCUT2D eigenvalue weighted by atomic mass is 9.87. The zero-order valence-corrected chi connectivity index (χ0v) is 51.1. The highest BCUT2D eigenvalue weighted by Gasteiger charge is 2.53. The largest absolute Gasteiger partial charge is 0.534 e. The number of phenols is 4. The van der Waals surface area contributed by atoms with Crippen LogP contribution < -0.4 is 34.3 Å². The van der Waals surface area contributed by atoms with Crippen molar-refractivity contribution in [2.75, 3.05) is 0 Å². The number of benzene rings is 10. The van der Waals surface area contributed by atoms with Gasteiger partial charge in [-0.25, -0.2) is 0 Å². The quantitative estimate of drug-likeness (QED) is 0.0665. The van der Waals surface area contributed by atoms with Gasteiger partial charge in [0.2, 0.25) is 0 Å². The number of hydrogen-bond acceptors (Lipinski definition) is 8. The molecule has 0 radical (unpaired) electrons. The van der Waals surface area contributed by atoms with Crippen molar-refractivity contribution in [1.82, 2.24) is 0 Å². The van der Waals surface area contributed by atoms with Gasteiger partial charge in [-0.1, -0.05) is 254 Å². The van der Waals surface area contributed by atoms with Crippen molar-refractivity contribution in [3.8, 4) is 40.2 Å². The predicted molar refractivity (Wildman–Crippen MR) is 345 cm³/mol. The van der Waals surface area contributed by atoms with Crippen molar-refractivity contribution >= 4 is 43.2 Å². The Labute approximate surface area is 501 Å². The van der Waals surface area contributed by atoms with E-state index in [4.69, 9.17) is 13.6 Å². The maximum atomic E-state index is 14.6. The molecule has 428 valence electrons. The number of rotatable bonds is 17. The van der Waals surface area contributed by atoms with E-state index >= 15 is 0 Å². The predicted octanol–water partition coefficient (Wildman–Crippen LogP) is 14.5. The van der Waals surface area contributed by atoms with Gasteiger partial charge in [0.1, 0.15) is 51.9 Å². The second kappa shape index (κ2) is 23.9. The van der Waals surface area contributed by atoms with E-state index in [1.807, 2.05) is 115 Å². The molecular weight excluding hydrogens is 1080 g/mol. The number of aromatic hydroxyl groups is 4. The summed E-state index contributed by atoms with van der Waals surface area (Å²) >= 11 is 0. The van der Waals surface area contributed by atoms with E-state index in [0.29, 0.717) is 24.0 Å². The fourth-order valence-corrected chi connectivity index (χ4v) is 21.5. The van der Waals surface area contributed by atoms with E-state index in [1.54, 1.807) is 12.1 Å². The lowest BCUT2D eigenvalue weighted by Gasteiger charge is -2.43. The highest BCUT2D eigenvalue weighted by Crippen LogP contribution is 2.51. The SMILES string of the molecule is CC(C)(C)[Si](Oc1ccccc1Cc1ccc(O)c(Cc2c(O)c(Cc3cc(Cc4ccccc4O[Si](c4ccccc4)(c4ccccc4)C(C)(C)C)ccc3O)c3c(c2O)C(=O)CC(c2ccccc2)O3)c1)(c1ccccc1)c1ccccc1. The van der Waals surface area contributed by atoms with E-state index in [9.17, 15) is 25.2 Å². The lowest BCUT2D eigenvalue weighted by Crippen LogP contribution is -2.68. The molecule has 10 heteroatoms. The molecule has 4 N–H and O–H groups in total. The fourth-order valence-electron chi connectivity index (χ4n) is 12.6. The van der Waals surface area contributed by atoms with Crippen LogP contribution in [0.3, 0.4) is 0 Å². The molecule has 0 fully saturated rings. The molecule has 0 aromatic heterocycles. The third-order valence-electron chi connectivity index (χ3n) is 16.8. The molecule has 0 spiro atoms. The van der Waals surface area contributed by atoms with Gasteiger partial charge in [-0.2, -0.15) is 0 Å². The van der Waals surface area contributed by atoms with Crippen LogP contribution in [0.2, 0.25) is 10.1 Å². The van der Waals surface area contributed by atoms with E-state index in [1.165, 1.54) is 0 Å². The van der Waals surface area contributed by atoms with E-state index in [2.05, 4.69) is 151 Å². The number of carbonyl (C=O) groups excluding carboxylic acids is 1. The van der Waals surface area contributed by atoms with Crippen LogP contribution >= 0.6 is 0 Å². The first-order valence-corrected chi connectivity index (χ1v) is 33.0.